The van der Waals surface area contributed by atoms with Crippen LogP contribution in [0.15, 0.2) is 46.7 Å². The van der Waals surface area contributed by atoms with E-state index in [1.54, 1.807) is 11.3 Å². The number of anilines is 1. The summed E-state index contributed by atoms with van der Waals surface area (Å²) in [5.74, 6) is 0.353. The van der Waals surface area contributed by atoms with Gasteiger partial charge in [-0.1, -0.05) is 18.2 Å². The second-order valence-electron chi connectivity index (χ2n) is 6.51. The summed E-state index contributed by atoms with van der Waals surface area (Å²) < 4.78 is 5.78. The van der Waals surface area contributed by atoms with Crippen molar-refractivity contribution in [2.75, 3.05) is 30.8 Å². The summed E-state index contributed by atoms with van der Waals surface area (Å²) in [7, 11) is 0. The lowest BCUT2D eigenvalue weighted by Gasteiger charge is -2.21. The van der Waals surface area contributed by atoms with Gasteiger partial charge in [0.05, 0.1) is 22.4 Å². The smallest absolute Gasteiger partial charge is 0.279 e. The number of thiophene rings is 1. The minimum Gasteiger partial charge on any atom is -0.372 e. The number of nitriles is 1. The molecule has 1 aliphatic rings. The lowest BCUT2D eigenvalue weighted by molar-refractivity contribution is -0.908. The molecule has 1 unspecified atom stereocenters. The van der Waals surface area contributed by atoms with E-state index >= 15 is 0 Å². The van der Waals surface area contributed by atoms with Crippen LogP contribution in [0.3, 0.4) is 0 Å². The van der Waals surface area contributed by atoms with Crippen molar-refractivity contribution in [3.8, 4) is 6.07 Å². The first kappa shape index (κ1) is 19.9. The van der Waals surface area contributed by atoms with Crippen LogP contribution in [-0.4, -0.2) is 37.5 Å². The number of carbonyl (C=O) groups is 1. The molecule has 0 aliphatic carbocycles. The number of quaternary nitrogens is 1. The minimum absolute atomic E-state index is 0.00967. The summed E-state index contributed by atoms with van der Waals surface area (Å²) in [6.07, 6.45) is 2.42. The lowest BCUT2D eigenvalue weighted by Crippen LogP contribution is -3.12. The number of para-hydroxylation sites is 1. The topological polar surface area (TPSA) is 66.6 Å². The van der Waals surface area contributed by atoms with Gasteiger partial charge in [-0.05, 0) is 36.4 Å². The predicted octanol–water partition coefficient (Wildman–Crippen LogP) is 2.57. The molecule has 1 aromatic heterocycles. The number of carbonyl (C=O) groups excluding carboxylic acids is 1. The van der Waals surface area contributed by atoms with E-state index in [4.69, 9.17) is 10.00 Å². The number of ether oxygens (including phenoxy) is 1. The molecule has 0 bridgehead atoms. The Balaban J connectivity index is 1.62. The molecule has 142 valence electrons. The summed E-state index contributed by atoms with van der Waals surface area (Å²) in [5, 5.41) is 13.9. The van der Waals surface area contributed by atoms with Crippen LogP contribution in [0.1, 0.15) is 17.7 Å². The minimum atomic E-state index is -0.00967. The maximum atomic E-state index is 12.7. The Bertz CT molecular complexity index is 768. The fourth-order valence-corrected chi connectivity index (χ4v) is 4.67. The molecule has 0 radical (unpaired) electrons. The number of nitrogens with one attached hydrogen (secondary N) is 2. The van der Waals surface area contributed by atoms with Gasteiger partial charge in [0, 0.05) is 11.5 Å². The first-order valence-electron chi connectivity index (χ1n) is 9.11. The van der Waals surface area contributed by atoms with Gasteiger partial charge in [0.1, 0.15) is 19.2 Å². The molecule has 2 N–H and O–H groups in total. The van der Waals surface area contributed by atoms with Gasteiger partial charge in [-0.2, -0.15) is 5.26 Å². The van der Waals surface area contributed by atoms with Crippen LogP contribution < -0.4 is 10.2 Å². The largest absolute Gasteiger partial charge is 0.372 e. The SMILES string of the molecule is N#CCSc1ccccc1NC(=O)C[NH+](Cc1cccs1)C[C@H]1CCCO1. The second-order valence-corrected chi connectivity index (χ2v) is 8.56. The van der Waals surface area contributed by atoms with E-state index < -0.39 is 0 Å². The third kappa shape index (κ3) is 6.36. The average Bonchev–Trinajstić information content (AvgIpc) is 3.35. The Morgan fingerprint density at radius 3 is 3.00 bits per heavy atom. The molecule has 5 nitrogen and oxygen atoms in total. The lowest BCUT2D eigenvalue weighted by atomic mass is 10.2. The molecule has 1 aliphatic heterocycles. The summed E-state index contributed by atoms with van der Waals surface area (Å²) in [6, 6.07) is 13.9. The van der Waals surface area contributed by atoms with E-state index in [0.29, 0.717) is 12.3 Å². The Morgan fingerprint density at radius 1 is 1.37 bits per heavy atom. The summed E-state index contributed by atoms with van der Waals surface area (Å²) in [6.45, 7) is 2.90. The highest BCUT2D eigenvalue weighted by molar-refractivity contribution is 7.99. The average molecular weight is 403 g/mol. The van der Waals surface area contributed by atoms with Crippen LogP contribution in [0, 0.1) is 11.3 Å². The number of benzene rings is 1. The van der Waals surface area contributed by atoms with Gasteiger partial charge in [0.15, 0.2) is 6.54 Å². The normalized spacial score (nSPS) is 17.4. The highest BCUT2D eigenvalue weighted by Gasteiger charge is 2.24. The maximum absolute atomic E-state index is 12.7. The van der Waals surface area contributed by atoms with E-state index in [2.05, 4.69) is 22.8 Å². The first-order valence-corrected chi connectivity index (χ1v) is 11.0. The predicted molar refractivity (Wildman–Crippen MR) is 109 cm³/mol. The molecule has 2 heterocycles. The quantitative estimate of drug-likeness (QED) is 0.633. The fraction of sp³-hybridized carbons (Fsp3) is 0.400. The third-order valence-corrected chi connectivity index (χ3v) is 6.23. The van der Waals surface area contributed by atoms with Crippen LogP contribution in [0.4, 0.5) is 5.69 Å². The zero-order valence-corrected chi connectivity index (χ0v) is 16.8. The van der Waals surface area contributed by atoms with Crippen molar-refractivity contribution < 1.29 is 14.4 Å². The molecule has 1 fully saturated rings. The Kier molecular flexibility index (Phi) is 7.72. The highest BCUT2D eigenvalue weighted by atomic mass is 32.2. The van der Waals surface area contributed by atoms with Crippen molar-refractivity contribution in [2.45, 2.75) is 30.4 Å². The van der Waals surface area contributed by atoms with Crippen molar-refractivity contribution in [3.05, 3.63) is 46.7 Å². The van der Waals surface area contributed by atoms with E-state index in [1.165, 1.54) is 21.5 Å². The van der Waals surface area contributed by atoms with E-state index in [-0.39, 0.29) is 12.0 Å². The molecule has 0 saturated carbocycles. The standard InChI is InChI=1S/C20H23N3O2S2/c21-9-12-27-19-8-2-1-7-18(19)22-20(24)15-23(13-16-5-3-10-25-16)14-17-6-4-11-26-17/h1-2,4,6-8,11,16H,3,5,10,12-15H2,(H,22,24)/p+1/t16-/m1/s1. The van der Waals surface area contributed by atoms with Crippen molar-refractivity contribution in [1.82, 2.24) is 0 Å². The number of thioether (sulfide) groups is 1. The first-order chi connectivity index (χ1) is 13.2. The molecule has 2 aromatic rings. The van der Waals surface area contributed by atoms with E-state index in [1.807, 2.05) is 30.3 Å². The fourth-order valence-electron chi connectivity index (χ4n) is 3.22. The number of nitrogens with zero attached hydrogens (tertiary/aromatic N) is 1. The van der Waals surface area contributed by atoms with Crippen molar-refractivity contribution in [2.24, 2.45) is 0 Å². The molecule has 2 atom stereocenters. The van der Waals surface area contributed by atoms with E-state index in [0.717, 1.165) is 43.1 Å². The number of rotatable bonds is 9. The van der Waals surface area contributed by atoms with Crippen LogP contribution in [0.5, 0.6) is 0 Å². The van der Waals surface area contributed by atoms with Gasteiger partial charge in [0.25, 0.3) is 5.91 Å². The zero-order valence-electron chi connectivity index (χ0n) is 15.1. The molecule has 7 heteroatoms. The Morgan fingerprint density at radius 2 is 2.26 bits per heavy atom. The second kappa shape index (κ2) is 10.5. The summed E-state index contributed by atoms with van der Waals surface area (Å²) in [5.41, 5.74) is 0.773. The molecular formula is C20H24N3O2S2+. The molecule has 1 saturated heterocycles. The molecule has 3 rings (SSSR count). The molecular weight excluding hydrogens is 378 g/mol. The van der Waals surface area contributed by atoms with Gasteiger partial charge in [0.2, 0.25) is 0 Å². The third-order valence-electron chi connectivity index (χ3n) is 4.41. The highest BCUT2D eigenvalue weighted by Crippen LogP contribution is 2.26. The van der Waals surface area contributed by atoms with Crippen molar-refractivity contribution in [1.29, 1.82) is 5.26 Å². The molecule has 1 amide bonds. The van der Waals surface area contributed by atoms with Crippen molar-refractivity contribution >= 4 is 34.7 Å². The van der Waals surface area contributed by atoms with Gasteiger partial charge >= 0.3 is 0 Å². The number of hydrogen-bond acceptors (Lipinski definition) is 5. The summed E-state index contributed by atoms with van der Waals surface area (Å²) >= 11 is 3.16. The maximum Gasteiger partial charge on any atom is 0.279 e. The summed E-state index contributed by atoms with van der Waals surface area (Å²) in [4.78, 5) is 16.1. The Hall–Kier alpha value is -1.85. The van der Waals surface area contributed by atoms with Gasteiger partial charge in [-0.3, -0.25) is 4.79 Å². The van der Waals surface area contributed by atoms with Crippen LogP contribution >= 0.6 is 23.1 Å². The van der Waals surface area contributed by atoms with Crippen LogP contribution in [-0.2, 0) is 16.1 Å². The van der Waals surface area contributed by atoms with Gasteiger partial charge < -0.3 is 15.0 Å². The number of amides is 1. The van der Waals surface area contributed by atoms with E-state index in [9.17, 15) is 4.79 Å². The van der Waals surface area contributed by atoms with Crippen LogP contribution in [0.25, 0.3) is 0 Å². The number of hydrogen-bond donors (Lipinski definition) is 2. The van der Waals surface area contributed by atoms with Crippen LogP contribution in [0.2, 0.25) is 0 Å². The molecule has 1 aromatic carbocycles. The monoisotopic (exact) mass is 402 g/mol. The van der Waals surface area contributed by atoms with Crippen molar-refractivity contribution in [3.63, 3.8) is 0 Å². The Labute approximate surface area is 168 Å². The molecule has 27 heavy (non-hydrogen) atoms. The van der Waals surface area contributed by atoms with Gasteiger partial charge in [-0.15, -0.1) is 23.1 Å². The molecule has 0 spiro atoms. The van der Waals surface area contributed by atoms with Gasteiger partial charge in [-0.25, -0.2) is 0 Å². The zero-order chi connectivity index (χ0) is 18.9.